The molecule has 0 amide bonds. The normalized spacial score (nSPS) is 10.2. The monoisotopic (exact) mass is 246 g/mol. The third-order valence-corrected chi connectivity index (χ3v) is 3.04. The Morgan fingerprint density at radius 1 is 1.59 bits per heavy atom. The molecule has 0 atom stereocenters. The average Bonchev–Trinajstić information content (AvgIpc) is 2.69. The van der Waals surface area contributed by atoms with Crippen molar-refractivity contribution in [3.05, 3.63) is 36.7 Å². The standard InChI is InChI=1S/C12H14N4S/c1-8(2)6-15-12-10(11(13)16-17-12)9-4-3-5-14-7-9/h3-5,7,15H,1,6H2,2H3,(H2,13,16). The average molecular weight is 246 g/mol. The number of rotatable bonds is 4. The van der Waals surface area contributed by atoms with Gasteiger partial charge in [-0.05, 0) is 24.5 Å². The molecule has 0 unspecified atom stereocenters. The fourth-order valence-electron chi connectivity index (χ4n) is 1.44. The predicted molar refractivity (Wildman–Crippen MR) is 73.1 cm³/mol. The van der Waals surface area contributed by atoms with Crippen LogP contribution in [0.2, 0.25) is 0 Å². The number of nitrogens with two attached hydrogens (primary N) is 1. The van der Waals surface area contributed by atoms with Gasteiger partial charge < -0.3 is 11.1 Å². The van der Waals surface area contributed by atoms with Gasteiger partial charge in [-0.15, -0.1) is 0 Å². The Labute approximate surface area is 104 Å². The van der Waals surface area contributed by atoms with Crippen molar-refractivity contribution in [2.75, 3.05) is 17.6 Å². The highest BCUT2D eigenvalue weighted by Crippen LogP contribution is 2.36. The van der Waals surface area contributed by atoms with Gasteiger partial charge in [-0.1, -0.05) is 18.2 Å². The van der Waals surface area contributed by atoms with Crippen molar-refractivity contribution in [3.8, 4) is 11.1 Å². The van der Waals surface area contributed by atoms with Crippen molar-refractivity contribution in [1.82, 2.24) is 9.36 Å². The molecule has 3 N–H and O–H groups in total. The third kappa shape index (κ3) is 2.62. The van der Waals surface area contributed by atoms with Gasteiger partial charge in [0.1, 0.15) is 10.8 Å². The van der Waals surface area contributed by atoms with Gasteiger partial charge in [0, 0.05) is 24.5 Å². The second kappa shape index (κ2) is 4.97. The van der Waals surface area contributed by atoms with Crippen LogP contribution in [0, 0.1) is 0 Å². The van der Waals surface area contributed by atoms with E-state index in [1.807, 2.05) is 19.1 Å². The molecule has 0 radical (unpaired) electrons. The van der Waals surface area contributed by atoms with E-state index < -0.39 is 0 Å². The van der Waals surface area contributed by atoms with Gasteiger partial charge in [-0.3, -0.25) is 4.98 Å². The van der Waals surface area contributed by atoms with Gasteiger partial charge >= 0.3 is 0 Å². The van der Waals surface area contributed by atoms with Crippen LogP contribution in [0.25, 0.3) is 11.1 Å². The summed E-state index contributed by atoms with van der Waals surface area (Å²) in [5.41, 5.74) is 8.85. The van der Waals surface area contributed by atoms with Gasteiger partial charge in [0.05, 0.1) is 5.56 Å². The van der Waals surface area contributed by atoms with E-state index in [2.05, 4.69) is 21.3 Å². The lowest BCUT2D eigenvalue weighted by atomic mass is 10.1. The summed E-state index contributed by atoms with van der Waals surface area (Å²) in [6.07, 6.45) is 3.52. The van der Waals surface area contributed by atoms with E-state index in [4.69, 9.17) is 5.73 Å². The molecular formula is C12H14N4S. The number of pyridine rings is 1. The molecule has 0 aliphatic carbocycles. The van der Waals surface area contributed by atoms with E-state index in [9.17, 15) is 0 Å². The third-order valence-electron chi connectivity index (χ3n) is 2.22. The van der Waals surface area contributed by atoms with Crippen molar-refractivity contribution >= 4 is 22.4 Å². The maximum absolute atomic E-state index is 5.89. The molecule has 0 spiro atoms. The summed E-state index contributed by atoms with van der Waals surface area (Å²) < 4.78 is 4.17. The highest BCUT2D eigenvalue weighted by molar-refractivity contribution is 7.11. The van der Waals surface area contributed by atoms with Crippen LogP contribution >= 0.6 is 11.5 Å². The van der Waals surface area contributed by atoms with Gasteiger partial charge in [-0.2, -0.15) is 4.37 Å². The molecule has 0 aromatic carbocycles. The Kier molecular flexibility index (Phi) is 3.39. The number of nitrogens with zero attached hydrogens (tertiary/aromatic N) is 2. The molecule has 5 heteroatoms. The van der Waals surface area contributed by atoms with Crippen LogP contribution in [0.1, 0.15) is 6.92 Å². The van der Waals surface area contributed by atoms with E-state index in [1.54, 1.807) is 12.4 Å². The number of aromatic nitrogens is 2. The summed E-state index contributed by atoms with van der Waals surface area (Å²) in [5, 5.41) is 4.24. The minimum atomic E-state index is 0.534. The number of nitrogen functional groups attached to an aromatic ring is 1. The van der Waals surface area contributed by atoms with Gasteiger partial charge in [-0.25, -0.2) is 0 Å². The highest BCUT2D eigenvalue weighted by atomic mass is 32.1. The Morgan fingerprint density at radius 2 is 2.41 bits per heavy atom. The molecule has 0 aliphatic heterocycles. The summed E-state index contributed by atoms with van der Waals surface area (Å²) in [6.45, 7) is 6.55. The van der Waals surface area contributed by atoms with Crippen molar-refractivity contribution in [1.29, 1.82) is 0 Å². The van der Waals surface area contributed by atoms with E-state index in [-0.39, 0.29) is 0 Å². The summed E-state index contributed by atoms with van der Waals surface area (Å²) in [4.78, 5) is 4.09. The Bertz CT molecular complexity index is 519. The van der Waals surface area contributed by atoms with E-state index in [1.165, 1.54) is 11.5 Å². The van der Waals surface area contributed by atoms with E-state index in [0.29, 0.717) is 5.82 Å². The molecule has 0 bridgehead atoms. The summed E-state index contributed by atoms with van der Waals surface area (Å²) in [6, 6.07) is 3.86. The van der Waals surface area contributed by atoms with Gasteiger partial charge in [0.25, 0.3) is 0 Å². The first-order chi connectivity index (χ1) is 8.18. The first kappa shape index (κ1) is 11.6. The molecule has 0 saturated heterocycles. The number of anilines is 2. The Morgan fingerprint density at radius 3 is 3.06 bits per heavy atom. The minimum Gasteiger partial charge on any atom is -0.382 e. The molecule has 17 heavy (non-hydrogen) atoms. The first-order valence-corrected chi connectivity index (χ1v) is 5.99. The Balaban J connectivity index is 2.33. The largest absolute Gasteiger partial charge is 0.382 e. The highest BCUT2D eigenvalue weighted by Gasteiger charge is 2.13. The smallest absolute Gasteiger partial charge is 0.147 e. The fourth-order valence-corrected chi connectivity index (χ4v) is 2.18. The zero-order valence-corrected chi connectivity index (χ0v) is 10.4. The van der Waals surface area contributed by atoms with Crippen LogP contribution in [0.4, 0.5) is 10.8 Å². The lowest BCUT2D eigenvalue weighted by molar-refractivity contribution is 1.23. The first-order valence-electron chi connectivity index (χ1n) is 5.22. The molecule has 2 heterocycles. The maximum atomic E-state index is 5.89. The van der Waals surface area contributed by atoms with Crippen LogP contribution in [0.3, 0.4) is 0 Å². The summed E-state index contributed by atoms with van der Waals surface area (Å²) in [5.74, 6) is 0.534. The molecule has 2 aromatic rings. The molecule has 0 aliphatic rings. The summed E-state index contributed by atoms with van der Waals surface area (Å²) >= 11 is 1.36. The van der Waals surface area contributed by atoms with Crippen molar-refractivity contribution in [2.24, 2.45) is 0 Å². The van der Waals surface area contributed by atoms with Crippen LogP contribution in [-0.2, 0) is 0 Å². The van der Waals surface area contributed by atoms with Crippen LogP contribution in [0.5, 0.6) is 0 Å². The van der Waals surface area contributed by atoms with Crippen molar-refractivity contribution in [3.63, 3.8) is 0 Å². The van der Waals surface area contributed by atoms with Gasteiger partial charge in [0.2, 0.25) is 0 Å². The molecule has 2 aromatic heterocycles. The van der Waals surface area contributed by atoms with E-state index >= 15 is 0 Å². The Hall–Kier alpha value is -1.88. The van der Waals surface area contributed by atoms with Crippen LogP contribution in [-0.4, -0.2) is 15.9 Å². The topological polar surface area (TPSA) is 63.8 Å². The number of nitrogens with one attached hydrogen (secondary N) is 1. The predicted octanol–water partition coefficient (Wildman–Crippen LogP) is 2.78. The molecule has 4 nitrogen and oxygen atoms in total. The lowest BCUT2D eigenvalue weighted by Crippen LogP contribution is -2.01. The van der Waals surface area contributed by atoms with Crippen LogP contribution in [0.15, 0.2) is 36.7 Å². The zero-order valence-electron chi connectivity index (χ0n) is 9.60. The molecular weight excluding hydrogens is 232 g/mol. The second-order valence-electron chi connectivity index (χ2n) is 3.82. The lowest BCUT2D eigenvalue weighted by Gasteiger charge is -2.06. The summed E-state index contributed by atoms with van der Waals surface area (Å²) in [7, 11) is 0. The molecule has 88 valence electrons. The molecule has 0 saturated carbocycles. The zero-order chi connectivity index (χ0) is 12.3. The second-order valence-corrected chi connectivity index (χ2v) is 4.60. The number of hydrogen-bond acceptors (Lipinski definition) is 5. The molecule has 2 rings (SSSR count). The quantitative estimate of drug-likeness (QED) is 0.814. The van der Waals surface area contributed by atoms with Crippen molar-refractivity contribution < 1.29 is 0 Å². The minimum absolute atomic E-state index is 0.534. The maximum Gasteiger partial charge on any atom is 0.147 e. The van der Waals surface area contributed by atoms with Gasteiger partial charge in [0.15, 0.2) is 0 Å². The molecule has 0 fully saturated rings. The van der Waals surface area contributed by atoms with E-state index in [0.717, 1.165) is 28.2 Å². The number of hydrogen-bond donors (Lipinski definition) is 2. The fraction of sp³-hybridized carbons (Fsp3) is 0.167. The van der Waals surface area contributed by atoms with Crippen LogP contribution < -0.4 is 11.1 Å². The SMILES string of the molecule is C=C(C)CNc1snc(N)c1-c1cccnc1. The van der Waals surface area contributed by atoms with Crippen molar-refractivity contribution in [2.45, 2.75) is 6.92 Å².